The number of anilines is 1. The van der Waals surface area contributed by atoms with E-state index in [1.54, 1.807) is 36.5 Å². The predicted octanol–water partition coefficient (Wildman–Crippen LogP) is 1.33. The van der Waals surface area contributed by atoms with Crippen molar-refractivity contribution in [2.75, 3.05) is 12.8 Å². The summed E-state index contributed by atoms with van der Waals surface area (Å²) in [5.74, 6) is 0.313. The van der Waals surface area contributed by atoms with E-state index in [0.717, 1.165) is 5.56 Å². The van der Waals surface area contributed by atoms with Gasteiger partial charge >= 0.3 is 0 Å². The van der Waals surface area contributed by atoms with Crippen LogP contribution in [0.15, 0.2) is 42.9 Å². The molecule has 2 heterocycles. The van der Waals surface area contributed by atoms with E-state index in [1.807, 2.05) is 12.1 Å². The van der Waals surface area contributed by atoms with Crippen molar-refractivity contribution in [1.29, 1.82) is 0 Å². The maximum atomic E-state index is 12.1. The molecule has 0 unspecified atom stereocenters. The molecule has 0 fully saturated rings. The van der Waals surface area contributed by atoms with Crippen molar-refractivity contribution in [3.63, 3.8) is 0 Å². The number of hydrogen-bond acceptors (Lipinski definition) is 4. The maximum absolute atomic E-state index is 12.1. The summed E-state index contributed by atoms with van der Waals surface area (Å²) in [7, 11) is 1.74. The van der Waals surface area contributed by atoms with Gasteiger partial charge in [-0.3, -0.25) is 9.78 Å². The Bertz CT molecular complexity index is 524. The van der Waals surface area contributed by atoms with Gasteiger partial charge in [-0.15, -0.1) is 0 Å². The number of hydrogen-bond donors (Lipinski definition) is 1. The molecule has 2 aromatic heterocycles. The van der Waals surface area contributed by atoms with Crippen LogP contribution in [0.3, 0.4) is 0 Å². The second-order valence-electron chi connectivity index (χ2n) is 3.99. The first-order chi connectivity index (χ1) is 8.66. The molecule has 0 saturated carbocycles. The Hall–Kier alpha value is -2.43. The molecule has 0 spiro atoms. The highest BCUT2D eigenvalue weighted by Crippen LogP contribution is 2.08. The highest BCUT2D eigenvalue weighted by atomic mass is 16.2. The van der Waals surface area contributed by atoms with E-state index in [0.29, 0.717) is 17.9 Å². The van der Waals surface area contributed by atoms with Crippen LogP contribution in [0.1, 0.15) is 15.9 Å². The van der Waals surface area contributed by atoms with Crippen LogP contribution >= 0.6 is 0 Å². The van der Waals surface area contributed by atoms with Crippen LogP contribution < -0.4 is 5.73 Å². The van der Waals surface area contributed by atoms with Crippen LogP contribution in [0, 0.1) is 0 Å². The minimum atomic E-state index is -0.0913. The third kappa shape index (κ3) is 2.82. The third-order valence-electron chi connectivity index (χ3n) is 2.52. The zero-order chi connectivity index (χ0) is 13.0. The summed E-state index contributed by atoms with van der Waals surface area (Å²) in [4.78, 5) is 21.6. The van der Waals surface area contributed by atoms with Gasteiger partial charge in [-0.2, -0.15) is 0 Å². The summed E-state index contributed by atoms with van der Waals surface area (Å²) in [5.41, 5.74) is 6.99. The molecule has 5 heteroatoms. The monoisotopic (exact) mass is 242 g/mol. The zero-order valence-corrected chi connectivity index (χ0v) is 10.1. The predicted molar refractivity (Wildman–Crippen MR) is 68.7 cm³/mol. The minimum absolute atomic E-state index is 0.0913. The van der Waals surface area contributed by atoms with Crippen LogP contribution in [-0.4, -0.2) is 27.8 Å². The fourth-order valence-electron chi connectivity index (χ4n) is 1.59. The topological polar surface area (TPSA) is 72.1 Å². The number of carbonyl (C=O) groups excluding carboxylic acids is 1. The highest BCUT2D eigenvalue weighted by molar-refractivity contribution is 5.93. The van der Waals surface area contributed by atoms with Gasteiger partial charge in [0.1, 0.15) is 5.82 Å². The smallest absolute Gasteiger partial charge is 0.255 e. The summed E-state index contributed by atoms with van der Waals surface area (Å²) >= 11 is 0. The van der Waals surface area contributed by atoms with Crippen LogP contribution in [-0.2, 0) is 6.54 Å². The number of nitrogen functional groups attached to an aromatic ring is 1. The molecule has 2 aromatic rings. The molecule has 2 N–H and O–H groups in total. The number of carbonyl (C=O) groups is 1. The number of amides is 1. The van der Waals surface area contributed by atoms with Crippen molar-refractivity contribution in [2.45, 2.75) is 6.54 Å². The van der Waals surface area contributed by atoms with E-state index in [2.05, 4.69) is 9.97 Å². The lowest BCUT2D eigenvalue weighted by atomic mass is 10.2. The van der Waals surface area contributed by atoms with E-state index in [9.17, 15) is 4.79 Å². The van der Waals surface area contributed by atoms with E-state index in [-0.39, 0.29) is 5.91 Å². The van der Waals surface area contributed by atoms with Crippen molar-refractivity contribution in [2.24, 2.45) is 0 Å². The molecule has 0 aliphatic rings. The Morgan fingerprint density at radius 2 is 2.17 bits per heavy atom. The standard InChI is InChI=1S/C13H14N4O/c1-17(9-10-3-2-6-15-7-10)13(18)11-4-5-12(14)16-8-11/h2-8H,9H2,1H3,(H2,14,16). The Kier molecular flexibility index (Phi) is 3.52. The van der Waals surface area contributed by atoms with Crippen molar-refractivity contribution in [1.82, 2.24) is 14.9 Å². The summed E-state index contributed by atoms with van der Waals surface area (Å²) in [5, 5.41) is 0. The van der Waals surface area contributed by atoms with E-state index >= 15 is 0 Å². The normalized spacial score (nSPS) is 10.1. The number of rotatable bonds is 3. The first-order valence-electron chi connectivity index (χ1n) is 5.52. The summed E-state index contributed by atoms with van der Waals surface area (Å²) < 4.78 is 0. The lowest BCUT2D eigenvalue weighted by Gasteiger charge is -2.16. The molecule has 0 aliphatic carbocycles. The summed E-state index contributed by atoms with van der Waals surface area (Å²) in [6.45, 7) is 0.511. The van der Waals surface area contributed by atoms with Gasteiger partial charge in [0.15, 0.2) is 0 Å². The number of nitrogens with two attached hydrogens (primary N) is 1. The number of aromatic nitrogens is 2. The molecular formula is C13H14N4O. The van der Waals surface area contributed by atoms with E-state index < -0.39 is 0 Å². The first-order valence-corrected chi connectivity index (χ1v) is 5.52. The fourth-order valence-corrected chi connectivity index (χ4v) is 1.59. The maximum Gasteiger partial charge on any atom is 0.255 e. The molecule has 2 rings (SSSR count). The van der Waals surface area contributed by atoms with Crippen molar-refractivity contribution >= 4 is 11.7 Å². The average Bonchev–Trinajstić information content (AvgIpc) is 2.40. The average molecular weight is 242 g/mol. The molecule has 18 heavy (non-hydrogen) atoms. The zero-order valence-electron chi connectivity index (χ0n) is 10.1. The van der Waals surface area contributed by atoms with Gasteiger partial charge < -0.3 is 10.6 Å². The Morgan fingerprint density at radius 1 is 1.33 bits per heavy atom. The van der Waals surface area contributed by atoms with Gasteiger partial charge in [-0.25, -0.2) is 4.98 Å². The molecule has 0 bridgehead atoms. The van der Waals surface area contributed by atoms with Gasteiger partial charge in [0.05, 0.1) is 5.56 Å². The number of pyridine rings is 2. The molecule has 0 radical (unpaired) electrons. The van der Waals surface area contributed by atoms with E-state index in [4.69, 9.17) is 5.73 Å². The van der Waals surface area contributed by atoms with Gasteiger partial charge in [-0.1, -0.05) is 6.07 Å². The second-order valence-corrected chi connectivity index (χ2v) is 3.99. The largest absolute Gasteiger partial charge is 0.384 e. The van der Waals surface area contributed by atoms with Crippen LogP contribution in [0.4, 0.5) is 5.82 Å². The quantitative estimate of drug-likeness (QED) is 0.881. The lowest BCUT2D eigenvalue weighted by molar-refractivity contribution is 0.0784. The fraction of sp³-hybridized carbons (Fsp3) is 0.154. The minimum Gasteiger partial charge on any atom is -0.384 e. The molecule has 1 amide bonds. The third-order valence-corrected chi connectivity index (χ3v) is 2.52. The molecule has 0 saturated heterocycles. The molecular weight excluding hydrogens is 228 g/mol. The SMILES string of the molecule is CN(Cc1cccnc1)C(=O)c1ccc(N)nc1. The molecule has 5 nitrogen and oxygen atoms in total. The highest BCUT2D eigenvalue weighted by Gasteiger charge is 2.12. The van der Waals surface area contributed by atoms with Crippen molar-refractivity contribution in [3.05, 3.63) is 54.0 Å². The van der Waals surface area contributed by atoms with Crippen molar-refractivity contribution < 1.29 is 4.79 Å². The summed E-state index contributed by atoms with van der Waals surface area (Å²) in [6.07, 6.45) is 4.93. The Labute approximate surface area is 105 Å². The Morgan fingerprint density at radius 3 is 2.78 bits per heavy atom. The number of nitrogens with zero attached hydrogens (tertiary/aromatic N) is 3. The van der Waals surface area contributed by atoms with Gasteiger partial charge in [0.25, 0.3) is 5.91 Å². The Balaban J connectivity index is 2.07. The molecule has 0 aromatic carbocycles. The lowest BCUT2D eigenvalue weighted by Crippen LogP contribution is -2.26. The van der Waals surface area contributed by atoms with Gasteiger partial charge in [0, 0.05) is 32.2 Å². The van der Waals surface area contributed by atoms with Crippen LogP contribution in [0.25, 0.3) is 0 Å². The van der Waals surface area contributed by atoms with Gasteiger partial charge in [-0.05, 0) is 23.8 Å². The van der Waals surface area contributed by atoms with E-state index in [1.165, 1.54) is 6.20 Å². The van der Waals surface area contributed by atoms with Crippen LogP contribution in [0.2, 0.25) is 0 Å². The molecule has 92 valence electrons. The first kappa shape index (κ1) is 12.0. The van der Waals surface area contributed by atoms with Crippen molar-refractivity contribution in [3.8, 4) is 0 Å². The van der Waals surface area contributed by atoms with Crippen LogP contribution in [0.5, 0.6) is 0 Å². The van der Waals surface area contributed by atoms with Gasteiger partial charge in [0.2, 0.25) is 0 Å². The molecule has 0 atom stereocenters. The summed E-state index contributed by atoms with van der Waals surface area (Å²) in [6, 6.07) is 7.06. The molecule has 0 aliphatic heterocycles. The second kappa shape index (κ2) is 5.27.